The average molecular weight is 534 g/mol. The van der Waals surface area contributed by atoms with Gasteiger partial charge in [-0.05, 0) is 41.5 Å². The van der Waals surface area contributed by atoms with Crippen LogP contribution in [0.4, 0.5) is 10.6 Å². The third-order valence-electron chi connectivity index (χ3n) is 6.28. The molecule has 196 valence electrons. The lowest BCUT2D eigenvalue weighted by Gasteiger charge is -2.35. The van der Waals surface area contributed by atoms with Crippen molar-refractivity contribution in [1.82, 2.24) is 14.8 Å². The summed E-state index contributed by atoms with van der Waals surface area (Å²) in [5.41, 5.74) is 3.18. The van der Waals surface area contributed by atoms with Crippen molar-refractivity contribution in [3.05, 3.63) is 76.4 Å². The average Bonchev–Trinajstić information content (AvgIpc) is 2.95. The molecule has 1 saturated heterocycles. The monoisotopic (exact) mass is 533 g/mol. The second kappa shape index (κ2) is 11.8. The molecule has 0 saturated carbocycles. The number of hydrogen-bond acceptors (Lipinski definition) is 7. The molecule has 10 heteroatoms. The molecule has 2 heterocycles. The van der Waals surface area contributed by atoms with Crippen LogP contribution in [0.3, 0.4) is 0 Å². The maximum Gasteiger partial charge on any atom is 0.410 e. The van der Waals surface area contributed by atoms with Crippen LogP contribution < -0.4 is 9.64 Å². The quantitative estimate of drug-likeness (QED) is 0.462. The number of ether oxygens (including phenoxy) is 2. The Hall–Kier alpha value is -4.29. The number of piperazine rings is 1. The summed E-state index contributed by atoms with van der Waals surface area (Å²) in [4.78, 5) is 34.5. The van der Waals surface area contributed by atoms with E-state index in [1.807, 2.05) is 29.2 Å². The minimum Gasteiger partial charge on any atom is -0.497 e. The molecule has 3 aromatic rings. The van der Waals surface area contributed by atoms with Crippen LogP contribution in [0.25, 0.3) is 11.1 Å². The van der Waals surface area contributed by atoms with Crippen LogP contribution in [0.15, 0.2) is 54.7 Å². The maximum atomic E-state index is 12.6. The standard InChI is InChI=1S/C28H28ClN5O4/c1-32(2)27(35)24-9-6-20(15-25(24)29)22-14-21(16-30)26(31-17-22)33-10-12-34(13-11-33)28(36)38-18-19-4-7-23(37-3)8-5-19/h4-9,14-15,17H,10-13,18H2,1-3H3. The Bertz CT molecular complexity index is 1360. The molecular weight excluding hydrogens is 506 g/mol. The zero-order valence-electron chi connectivity index (χ0n) is 21.5. The van der Waals surface area contributed by atoms with E-state index < -0.39 is 0 Å². The van der Waals surface area contributed by atoms with Crippen LogP contribution in [0.1, 0.15) is 21.5 Å². The van der Waals surface area contributed by atoms with E-state index >= 15 is 0 Å². The predicted molar refractivity (Wildman–Crippen MR) is 144 cm³/mol. The highest BCUT2D eigenvalue weighted by atomic mass is 35.5. The predicted octanol–water partition coefficient (Wildman–Crippen LogP) is 4.44. The topological polar surface area (TPSA) is 99.0 Å². The van der Waals surface area contributed by atoms with E-state index in [4.69, 9.17) is 21.1 Å². The number of amides is 2. The van der Waals surface area contributed by atoms with Gasteiger partial charge < -0.3 is 24.2 Å². The number of carbonyl (C=O) groups is 2. The van der Waals surface area contributed by atoms with E-state index in [1.54, 1.807) is 56.6 Å². The van der Waals surface area contributed by atoms with Gasteiger partial charge >= 0.3 is 6.09 Å². The molecule has 0 N–H and O–H groups in total. The fraction of sp³-hybridized carbons (Fsp3) is 0.286. The fourth-order valence-electron chi connectivity index (χ4n) is 4.12. The summed E-state index contributed by atoms with van der Waals surface area (Å²) in [6.07, 6.45) is 1.31. The molecule has 9 nitrogen and oxygen atoms in total. The van der Waals surface area contributed by atoms with Gasteiger partial charge in [0.2, 0.25) is 0 Å². The van der Waals surface area contributed by atoms with Crippen LogP contribution in [0.2, 0.25) is 5.02 Å². The maximum absolute atomic E-state index is 12.6. The fourth-order valence-corrected chi connectivity index (χ4v) is 4.38. The van der Waals surface area contributed by atoms with Crippen molar-refractivity contribution in [3.63, 3.8) is 0 Å². The molecule has 2 aromatic carbocycles. The van der Waals surface area contributed by atoms with Crippen molar-refractivity contribution >= 4 is 29.4 Å². The SMILES string of the molecule is COc1ccc(COC(=O)N2CCN(c3ncc(-c4ccc(C(=O)N(C)C)c(Cl)c4)cc3C#N)CC2)cc1. The number of pyridine rings is 1. The number of nitriles is 1. The number of rotatable bonds is 6. The van der Waals surface area contributed by atoms with Crippen LogP contribution in [-0.2, 0) is 11.3 Å². The highest BCUT2D eigenvalue weighted by Crippen LogP contribution is 2.29. The Morgan fingerprint density at radius 2 is 1.76 bits per heavy atom. The Morgan fingerprint density at radius 1 is 1.05 bits per heavy atom. The van der Waals surface area contributed by atoms with E-state index in [9.17, 15) is 14.9 Å². The minimum atomic E-state index is -0.377. The number of anilines is 1. The largest absolute Gasteiger partial charge is 0.497 e. The van der Waals surface area contributed by atoms with Gasteiger partial charge in [-0.1, -0.05) is 29.8 Å². The van der Waals surface area contributed by atoms with Gasteiger partial charge in [0.05, 0.1) is 23.3 Å². The molecule has 0 spiro atoms. The van der Waals surface area contributed by atoms with Crippen molar-refractivity contribution in [3.8, 4) is 22.9 Å². The molecule has 0 atom stereocenters. The van der Waals surface area contributed by atoms with Crippen LogP contribution in [0.5, 0.6) is 5.75 Å². The first-order valence-electron chi connectivity index (χ1n) is 12.0. The van der Waals surface area contributed by atoms with Crippen molar-refractivity contribution in [2.24, 2.45) is 0 Å². The highest BCUT2D eigenvalue weighted by molar-refractivity contribution is 6.34. The molecular formula is C28H28ClN5O4. The van der Waals surface area contributed by atoms with Crippen molar-refractivity contribution in [2.45, 2.75) is 6.61 Å². The molecule has 1 aliphatic heterocycles. The third kappa shape index (κ3) is 5.98. The lowest BCUT2D eigenvalue weighted by molar-refractivity contribution is 0.0827. The molecule has 38 heavy (non-hydrogen) atoms. The smallest absolute Gasteiger partial charge is 0.410 e. The second-order valence-corrected chi connectivity index (χ2v) is 9.39. The molecule has 0 unspecified atom stereocenters. The number of halogens is 1. The van der Waals surface area contributed by atoms with E-state index in [-0.39, 0.29) is 18.6 Å². The van der Waals surface area contributed by atoms with Gasteiger partial charge in [0.25, 0.3) is 5.91 Å². The van der Waals surface area contributed by atoms with Gasteiger partial charge in [0.15, 0.2) is 0 Å². The molecule has 2 amide bonds. The number of methoxy groups -OCH3 is 1. The number of nitrogens with zero attached hydrogens (tertiary/aromatic N) is 5. The number of aromatic nitrogens is 1. The van der Waals surface area contributed by atoms with Crippen molar-refractivity contribution in [1.29, 1.82) is 5.26 Å². The van der Waals surface area contributed by atoms with Crippen molar-refractivity contribution < 1.29 is 19.1 Å². The molecule has 0 radical (unpaired) electrons. The summed E-state index contributed by atoms with van der Waals surface area (Å²) in [7, 11) is 4.93. The van der Waals surface area contributed by atoms with Gasteiger partial charge in [-0.3, -0.25) is 4.79 Å². The Labute approximate surface area is 226 Å². The summed E-state index contributed by atoms with van der Waals surface area (Å²) < 4.78 is 10.6. The summed E-state index contributed by atoms with van der Waals surface area (Å²) in [6, 6.07) is 16.5. The number of hydrogen-bond donors (Lipinski definition) is 0. The Kier molecular flexibility index (Phi) is 8.34. The van der Waals surface area contributed by atoms with Gasteiger partial charge in [0.1, 0.15) is 24.2 Å². The Morgan fingerprint density at radius 3 is 2.37 bits per heavy atom. The minimum absolute atomic E-state index is 0.180. The van der Waals surface area contributed by atoms with Gasteiger partial charge in [-0.25, -0.2) is 9.78 Å². The first kappa shape index (κ1) is 26.8. The Balaban J connectivity index is 1.39. The lowest BCUT2D eigenvalue weighted by atomic mass is 10.0. The van der Waals surface area contributed by atoms with Crippen LogP contribution in [-0.4, -0.2) is 74.2 Å². The summed E-state index contributed by atoms with van der Waals surface area (Å²) in [6.45, 7) is 2.12. The zero-order chi connectivity index (χ0) is 27.2. The van der Waals surface area contributed by atoms with E-state index in [0.29, 0.717) is 48.1 Å². The summed E-state index contributed by atoms with van der Waals surface area (Å²) in [5.74, 6) is 1.12. The molecule has 0 bridgehead atoms. The van der Waals surface area contributed by atoms with Crippen LogP contribution >= 0.6 is 11.6 Å². The van der Waals surface area contributed by atoms with Gasteiger partial charge in [-0.2, -0.15) is 5.26 Å². The first-order chi connectivity index (χ1) is 18.3. The molecule has 1 fully saturated rings. The zero-order valence-corrected chi connectivity index (χ0v) is 22.2. The highest BCUT2D eigenvalue weighted by Gasteiger charge is 2.25. The molecule has 4 rings (SSSR count). The lowest BCUT2D eigenvalue weighted by Crippen LogP contribution is -2.49. The number of carbonyl (C=O) groups excluding carboxylic acids is 2. The van der Waals surface area contributed by atoms with Gasteiger partial charge in [0, 0.05) is 52.0 Å². The van der Waals surface area contributed by atoms with Gasteiger partial charge in [-0.15, -0.1) is 0 Å². The van der Waals surface area contributed by atoms with E-state index in [1.165, 1.54) is 4.90 Å². The first-order valence-corrected chi connectivity index (χ1v) is 12.4. The van der Waals surface area contributed by atoms with Crippen LogP contribution in [0, 0.1) is 11.3 Å². The third-order valence-corrected chi connectivity index (χ3v) is 6.60. The molecule has 1 aromatic heterocycles. The number of benzene rings is 2. The van der Waals surface area contributed by atoms with E-state index in [0.717, 1.165) is 22.4 Å². The second-order valence-electron chi connectivity index (χ2n) is 8.98. The normalized spacial score (nSPS) is 13.0. The summed E-state index contributed by atoms with van der Waals surface area (Å²) in [5, 5.41) is 10.2. The van der Waals surface area contributed by atoms with Crippen molar-refractivity contribution in [2.75, 3.05) is 52.3 Å². The molecule has 1 aliphatic rings. The summed E-state index contributed by atoms with van der Waals surface area (Å²) >= 11 is 6.37. The van der Waals surface area contributed by atoms with E-state index in [2.05, 4.69) is 11.1 Å². The molecule has 0 aliphatic carbocycles.